The van der Waals surface area contributed by atoms with Crippen LogP contribution in [0, 0.1) is 0 Å². The summed E-state index contributed by atoms with van der Waals surface area (Å²) in [6.45, 7) is 1.50. The van der Waals surface area contributed by atoms with Crippen LogP contribution in [0.2, 0.25) is 0 Å². The Morgan fingerprint density at radius 2 is 2.28 bits per heavy atom. The molecule has 0 amide bonds. The van der Waals surface area contributed by atoms with Crippen LogP contribution in [0.15, 0.2) is 30.3 Å². The first-order valence-electron chi connectivity index (χ1n) is 5.58. The zero-order valence-electron chi connectivity index (χ0n) is 9.85. The number of halogens is 1. The van der Waals surface area contributed by atoms with Gasteiger partial charge in [0.05, 0.1) is 5.69 Å². The molecule has 0 saturated heterocycles. The number of carboxylic acids is 1. The molecule has 0 radical (unpaired) electrons. The van der Waals surface area contributed by atoms with Crippen molar-refractivity contribution in [3.63, 3.8) is 0 Å². The minimum Gasteiger partial charge on any atom is -0.477 e. The van der Waals surface area contributed by atoms with Gasteiger partial charge in [-0.3, -0.25) is 5.10 Å². The summed E-state index contributed by atoms with van der Waals surface area (Å²) in [5.41, 5.74) is 2.22. The van der Waals surface area contributed by atoms with Crippen LogP contribution in [0.5, 0.6) is 0 Å². The predicted octanol–water partition coefficient (Wildman–Crippen LogP) is 2.68. The molecular weight excluding hydrogens is 235 g/mol. The fourth-order valence-corrected chi connectivity index (χ4v) is 1.76. The summed E-state index contributed by atoms with van der Waals surface area (Å²) in [7, 11) is 0. The van der Waals surface area contributed by atoms with E-state index in [1.165, 1.54) is 13.0 Å². The third-order valence-electron chi connectivity index (χ3n) is 2.55. The standard InChI is InChI=1S/C13H13FN2O2/c1-8(14)5-9-3-2-4-10(6-9)11-7-12(13(17)18)16-15-11/h2-4,6-8H,5H2,1H3,(H,15,16)(H,17,18). The van der Waals surface area contributed by atoms with E-state index in [-0.39, 0.29) is 5.69 Å². The largest absolute Gasteiger partial charge is 0.477 e. The average molecular weight is 248 g/mol. The molecule has 4 nitrogen and oxygen atoms in total. The molecule has 0 fully saturated rings. The molecule has 1 heterocycles. The third kappa shape index (κ3) is 2.74. The number of rotatable bonds is 4. The number of H-pyrrole nitrogens is 1. The first-order valence-corrected chi connectivity index (χ1v) is 5.58. The molecule has 2 aromatic rings. The molecule has 0 aliphatic rings. The molecule has 0 saturated carbocycles. The van der Waals surface area contributed by atoms with Crippen LogP contribution in [-0.4, -0.2) is 27.4 Å². The predicted molar refractivity (Wildman–Crippen MR) is 65.3 cm³/mol. The number of aromatic amines is 1. The molecule has 0 bridgehead atoms. The van der Waals surface area contributed by atoms with Gasteiger partial charge in [-0.25, -0.2) is 9.18 Å². The monoisotopic (exact) mass is 248 g/mol. The van der Waals surface area contributed by atoms with Gasteiger partial charge >= 0.3 is 5.97 Å². The van der Waals surface area contributed by atoms with Crippen LogP contribution >= 0.6 is 0 Å². The number of nitrogens with one attached hydrogen (secondary N) is 1. The Labute approximate surface area is 103 Å². The highest BCUT2D eigenvalue weighted by Crippen LogP contribution is 2.20. The van der Waals surface area contributed by atoms with Gasteiger partial charge in [-0.1, -0.05) is 18.2 Å². The zero-order chi connectivity index (χ0) is 13.1. The maximum atomic E-state index is 12.9. The normalized spacial score (nSPS) is 12.3. The highest BCUT2D eigenvalue weighted by atomic mass is 19.1. The number of aromatic nitrogens is 2. The summed E-state index contributed by atoms with van der Waals surface area (Å²) in [4.78, 5) is 10.7. The van der Waals surface area contributed by atoms with Crippen molar-refractivity contribution in [3.8, 4) is 11.3 Å². The Morgan fingerprint density at radius 1 is 1.50 bits per heavy atom. The smallest absolute Gasteiger partial charge is 0.353 e. The molecule has 1 aromatic heterocycles. The molecule has 1 unspecified atom stereocenters. The highest BCUT2D eigenvalue weighted by molar-refractivity contribution is 5.86. The van der Waals surface area contributed by atoms with Gasteiger partial charge in [0.15, 0.2) is 0 Å². The Morgan fingerprint density at radius 3 is 2.89 bits per heavy atom. The second kappa shape index (κ2) is 5.00. The number of hydrogen-bond acceptors (Lipinski definition) is 2. The van der Waals surface area contributed by atoms with Gasteiger partial charge in [-0.15, -0.1) is 0 Å². The number of carboxylic acid groups (broad SMARTS) is 1. The van der Waals surface area contributed by atoms with Gasteiger partial charge in [0, 0.05) is 12.0 Å². The second-order valence-corrected chi connectivity index (χ2v) is 4.16. The minimum absolute atomic E-state index is 0.0364. The molecule has 2 N–H and O–H groups in total. The second-order valence-electron chi connectivity index (χ2n) is 4.16. The number of benzene rings is 1. The van der Waals surface area contributed by atoms with Crippen molar-refractivity contribution in [3.05, 3.63) is 41.6 Å². The molecule has 0 spiro atoms. The number of hydrogen-bond donors (Lipinski definition) is 2. The van der Waals surface area contributed by atoms with E-state index in [1.807, 2.05) is 24.3 Å². The quantitative estimate of drug-likeness (QED) is 0.874. The number of carbonyl (C=O) groups is 1. The van der Waals surface area contributed by atoms with Crippen LogP contribution < -0.4 is 0 Å². The molecular formula is C13H13FN2O2. The molecule has 0 aliphatic carbocycles. The number of nitrogens with zero attached hydrogens (tertiary/aromatic N) is 1. The van der Waals surface area contributed by atoms with Gasteiger partial charge in [0.25, 0.3) is 0 Å². The lowest BCUT2D eigenvalue weighted by atomic mass is 10.0. The Balaban J connectivity index is 2.29. The van der Waals surface area contributed by atoms with Crippen molar-refractivity contribution >= 4 is 5.97 Å². The maximum Gasteiger partial charge on any atom is 0.353 e. The van der Waals surface area contributed by atoms with Crippen LogP contribution in [0.25, 0.3) is 11.3 Å². The topological polar surface area (TPSA) is 66.0 Å². The van der Waals surface area contributed by atoms with E-state index < -0.39 is 12.1 Å². The molecule has 1 atom stereocenters. The van der Waals surface area contributed by atoms with E-state index in [4.69, 9.17) is 5.11 Å². The summed E-state index contributed by atoms with van der Waals surface area (Å²) >= 11 is 0. The highest BCUT2D eigenvalue weighted by Gasteiger charge is 2.10. The summed E-state index contributed by atoms with van der Waals surface area (Å²) < 4.78 is 12.9. The molecule has 2 rings (SSSR count). The van der Waals surface area contributed by atoms with Crippen molar-refractivity contribution < 1.29 is 14.3 Å². The van der Waals surface area contributed by atoms with Gasteiger partial charge in [0.2, 0.25) is 0 Å². The van der Waals surface area contributed by atoms with Gasteiger partial charge < -0.3 is 5.11 Å². The van der Waals surface area contributed by atoms with E-state index >= 15 is 0 Å². The van der Waals surface area contributed by atoms with E-state index in [0.29, 0.717) is 12.1 Å². The first-order chi connectivity index (χ1) is 8.56. The Bertz CT molecular complexity index is 564. The van der Waals surface area contributed by atoms with Gasteiger partial charge in [-0.05, 0) is 24.6 Å². The summed E-state index contributed by atoms with van der Waals surface area (Å²) in [6.07, 6.45) is -0.571. The third-order valence-corrected chi connectivity index (χ3v) is 2.55. The van der Waals surface area contributed by atoms with Crippen molar-refractivity contribution in [2.75, 3.05) is 0 Å². The van der Waals surface area contributed by atoms with E-state index in [2.05, 4.69) is 10.2 Å². The van der Waals surface area contributed by atoms with E-state index in [1.54, 1.807) is 0 Å². The van der Waals surface area contributed by atoms with E-state index in [9.17, 15) is 9.18 Å². The lowest BCUT2D eigenvalue weighted by Gasteiger charge is -2.04. The van der Waals surface area contributed by atoms with Crippen molar-refractivity contribution in [1.82, 2.24) is 10.2 Å². The lowest BCUT2D eigenvalue weighted by Crippen LogP contribution is -1.98. The summed E-state index contributed by atoms with van der Waals surface area (Å²) in [5.74, 6) is -1.05. The van der Waals surface area contributed by atoms with E-state index in [0.717, 1.165) is 11.1 Å². The molecule has 18 heavy (non-hydrogen) atoms. The van der Waals surface area contributed by atoms with Crippen molar-refractivity contribution in [2.45, 2.75) is 19.5 Å². The van der Waals surface area contributed by atoms with Crippen LogP contribution in [0.3, 0.4) is 0 Å². The van der Waals surface area contributed by atoms with Crippen LogP contribution in [-0.2, 0) is 6.42 Å². The zero-order valence-corrected chi connectivity index (χ0v) is 9.85. The van der Waals surface area contributed by atoms with Gasteiger partial charge in [-0.2, -0.15) is 5.10 Å². The average Bonchev–Trinajstić information content (AvgIpc) is 2.77. The van der Waals surface area contributed by atoms with Crippen LogP contribution in [0.1, 0.15) is 23.0 Å². The maximum absolute atomic E-state index is 12.9. The summed E-state index contributed by atoms with van der Waals surface area (Å²) in [5, 5.41) is 15.2. The fourth-order valence-electron chi connectivity index (χ4n) is 1.76. The SMILES string of the molecule is CC(F)Cc1cccc(-c2cc(C(=O)O)[nH]n2)c1. The molecule has 94 valence electrons. The number of aromatic carboxylic acids is 1. The molecule has 5 heteroatoms. The van der Waals surface area contributed by atoms with Crippen LogP contribution in [0.4, 0.5) is 4.39 Å². The fraction of sp³-hybridized carbons (Fsp3) is 0.231. The van der Waals surface area contributed by atoms with Crippen molar-refractivity contribution in [2.24, 2.45) is 0 Å². The minimum atomic E-state index is -1.05. The van der Waals surface area contributed by atoms with Gasteiger partial charge in [0.1, 0.15) is 11.9 Å². The number of alkyl halides is 1. The summed E-state index contributed by atoms with van der Waals surface area (Å²) in [6, 6.07) is 8.74. The first kappa shape index (κ1) is 12.3. The lowest BCUT2D eigenvalue weighted by molar-refractivity contribution is 0.0690. The van der Waals surface area contributed by atoms with Crippen molar-refractivity contribution in [1.29, 1.82) is 0 Å². The Kier molecular flexibility index (Phi) is 3.41. The molecule has 0 aliphatic heterocycles. The Hall–Kier alpha value is -2.17. The molecule has 1 aromatic carbocycles.